The van der Waals surface area contributed by atoms with E-state index in [1.54, 1.807) is 0 Å². The number of hydrogen-bond acceptors (Lipinski definition) is 2. The van der Waals surface area contributed by atoms with Crippen LogP contribution in [-0.4, -0.2) is 34.2 Å². The summed E-state index contributed by atoms with van der Waals surface area (Å²) in [6.45, 7) is 8.01. The van der Waals surface area contributed by atoms with Crippen molar-refractivity contribution in [2.75, 3.05) is 6.54 Å². The fraction of sp³-hybridized carbons (Fsp3) is 0.889. The Morgan fingerprint density at radius 1 is 1.54 bits per heavy atom. The van der Waals surface area contributed by atoms with E-state index in [1.165, 1.54) is 4.90 Å². The highest BCUT2D eigenvalue weighted by atomic mass is 16.4. The van der Waals surface area contributed by atoms with Crippen molar-refractivity contribution in [2.24, 2.45) is 5.73 Å². The van der Waals surface area contributed by atoms with Crippen LogP contribution >= 0.6 is 0 Å². The first-order valence-corrected chi connectivity index (χ1v) is 4.51. The summed E-state index contributed by atoms with van der Waals surface area (Å²) < 4.78 is 0. The van der Waals surface area contributed by atoms with E-state index in [2.05, 4.69) is 0 Å². The van der Waals surface area contributed by atoms with Crippen molar-refractivity contribution in [3.8, 4) is 0 Å². The quantitative estimate of drug-likeness (QED) is 0.705. The van der Waals surface area contributed by atoms with Gasteiger partial charge in [-0.05, 0) is 34.1 Å². The first-order valence-electron chi connectivity index (χ1n) is 4.51. The molecular formula is C9H20N2O2. The zero-order chi connectivity index (χ0) is 10.6. The minimum absolute atomic E-state index is 0.0456. The van der Waals surface area contributed by atoms with E-state index in [1.807, 2.05) is 27.7 Å². The zero-order valence-electron chi connectivity index (χ0n) is 8.87. The van der Waals surface area contributed by atoms with Gasteiger partial charge in [-0.3, -0.25) is 0 Å². The van der Waals surface area contributed by atoms with E-state index in [9.17, 15) is 4.79 Å². The lowest BCUT2D eigenvalue weighted by atomic mass is 10.1. The third-order valence-corrected chi connectivity index (χ3v) is 1.85. The lowest BCUT2D eigenvalue weighted by Gasteiger charge is -2.33. The lowest BCUT2D eigenvalue weighted by molar-refractivity contribution is 0.0986. The van der Waals surface area contributed by atoms with Crippen LogP contribution in [0.3, 0.4) is 0 Å². The third kappa shape index (κ3) is 4.72. The number of hydrogen-bond donors (Lipinski definition) is 2. The molecule has 0 saturated heterocycles. The van der Waals surface area contributed by atoms with Crippen molar-refractivity contribution in [1.82, 2.24) is 4.90 Å². The molecule has 4 nitrogen and oxygen atoms in total. The summed E-state index contributed by atoms with van der Waals surface area (Å²) >= 11 is 0. The number of rotatable bonds is 3. The Morgan fingerprint density at radius 3 is 2.23 bits per heavy atom. The van der Waals surface area contributed by atoms with Gasteiger partial charge in [0, 0.05) is 18.1 Å². The summed E-state index contributed by atoms with van der Waals surface area (Å²) in [6, 6.07) is 0.0456. The second-order valence-electron chi connectivity index (χ2n) is 4.37. The molecule has 4 heteroatoms. The van der Waals surface area contributed by atoms with Crippen molar-refractivity contribution in [3.05, 3.63) is 0 Å². The van der Waals surface area contributed by atoms with Crippen LogP contribution in [0.15, 0.2) is 0 Å². The van der Waals surface area contributed by atoms with Crippen molar-refractivity contribution < 1.29 is 9.90 Å². The molecule has 0 bridgehead atoms. The average molecular weight is 188 g/mol. The summed E-state index contributed by atoms with van der Waals surface area (Å²) in [5, 5.41) is 8.91. The summed E-state index contributed by atoms with van der Waals surface area (Å²) in [4.78, 5) is 12.3. The highest BCUT2D eigenvalue weighted by molar-refractivity contribution is 5.65. The molecule has 0 aliphatic heterocycles. The molecule has 0 aromatic carbocycles. The van der Waals surface area contributed by atoms with E-state index in [0.717, 1.165) is 0 Å². The Hall–Kier alpha value is -0.770. The van der Waals surface area contributed by atoms with E-state index < -0.39 is 6.09 Å². The molecular weight excluding hydrogens is 168 g/mol. The maximum absolute atomic E-state index is 10.8. The average Bonchev–Trinajstić information content (AvgIpc) is 1.81. The van der Waals surface area contributed by atoms with E-state index >= 15 is 0 Å². The molecule has 0 aromatic heterocycles. The molecule has 13 heavy (non-hydrogen) atoms. The van der Waals surface area contributed by atoms with Crippen LogP contribution in [0.2, 0.25) is 0 Å². The molecule has 0 aliphatic rings. The largest absolute Gasteiger partial charge is 0.465 e. The van der Waals surface area contributed by atoms with Gasteiger partial charge in [0.1, 0.15) is 0 Å². The van der Waals surface area contributed by atoms with Crippen LogP contribution in [-0.2, 0) is 0 Å². The maximum Gasteiger partial charge on any atom is 0.407 e. The van der Waals surface area contributed by atoms with Gasteiger partial charge in [-0.25, -0.2) is 4.79 Å². The smallest absolute Gasteiger partial charge is 0.407 e. The van der Waals surface area contributed by atoms with Crippen LogP contribution in [0.4, 0.5) is 4.79 Å². The van der Waals surface area contributed by atoms with Crippen molar-refractivity contribution in [3.63, 3.8) is 0 Å². The van der Waals surface area contributed by atoms with Gasteiger partial charge in [0.05, 0.1) is 0 Å². The molecule has 1 amide bonds. The zero-order valence-corrected chi connectivity index (χ0v) is 8.87. The van der Waals surface area contributed by atoms with Crippen molar-refractivity contribution in [2.45, 2.75) is 45.7 Å². The van der Waals surface area contributed by atoms with E-state index in [-0.39, 0.29) is 11.6 Å². The predicted molar refractivity (Wildman–Crippen MR) is 52.8 cm³/mol. The number of carbonyl (C=O) groups is 1. The van der Waals surface area contributed by atoms with Crippen LogP contribution in [0.1, 0.15) is 34.1 Å². The van der Waals surface area contributed by atoms with Crippen LogP contribution < -0.4 is 5.73 Å². The minimum atomic E-state index is -0.881. The molecule has 0 fully saturated rings. The van der Waals surface area contributed by atoms with Crippen LogP contribution in [0.5, 0.6) is 0 Å². The SMILES string of the molecule is C[C@@H](N)CCN(C(=O)O)C(C)(C)C. The van der Waals surface area contributed by atoms with Crippen LogP contribution in [0, 0.1) is 0 Å². The summed E-state index contributed by atoms with van der Waals surface area (Å²) in [5.74, 6) is 0. The molecule has 0 aromatic rings. The molecule has 0 spiro atoms. The maximum atomic E-state index is 10.8. The van der Waals surface area contributed by atoms with Gasteiger partial charge in [0.15, 0.2) is 0 Å². The van der Waals surface area contributed by atoms with Crippen molar-refractivity contribution >= 4 is 6.09 Å². The van der Waals surface area contributed by atoms with E-state index in [4.69, 9.17) is 10.8 Å². The van der Waals surface area contributed by atoms with Crippen molar-refractivity contribution in [1.29, 1.82) is 0 Å². The third-order valence-electron chi connectivity index (χ3n) is 1.85. The number of nitrogens with two attached hydrogens (primary N) is 1. The molecule has 0 aliphatic carbocycles. The number of nitrogens with zero attached hydrogens (tertiary/aromatic N) is 1. The molecule has 0 radical (unpaired) electrons. The Balaban J connectivity index is 4.20. The van der Waals surface area contributed by atoms with Gasteiger partial charge < -0.3 is 15.7 Å². The first kappa shape index (κ1) is 12.2. The molecule has 0 heterocycles. The Morgan fingerprint density at radius 2 is 2.00 bits per heavy atom. The molecule has 1 atom stereocenters. The first-order chi connectivity index (χ1) is 5.75. The highest BCUT2D eigenvalue weighted by Crippen LogP contribution is 2.13. The monoisotopic (exact) mass is 188 g/mol. The number of amides is 1. The summed E-state index contributed by atoms with van der Waals surface area (Å²) in [6.07, 6.45) is -0.183. The molecule has 78 valence electrons. The normalized spacial score (nSPS) is 13.9. The summed E-state index contributed by atoms with van der Waals surface area (Å²) in [7, 11) is 0. The van der Waals surface area contributed by atoms with Crippen LogP contribution in [0.25, 0.3) is 0 Å². The van der Waals surface area contributed by atoms with Gasteiger partial charge in [-0.15, -0.1) is 0 Å². The molecule has 3 N–H and O–H groups in total. The topological polar surface area (TPSA) is 66.6 Å². The van der Waals surface area contributed by atoms with E-state index in [0.29, 0.717) is 13.0 Å². The van der Waals surface area contributed by atoms with Gasteiger partial charge in [-0.1, -0.05) is 0 Å². The van der Waals surface area contributed by atoms with Gasteiger partial charge in [0.2, 0.25) is 0 Å². The minimum Gasteiger partial charge on any atom is -0.465 e. The molecule has 0 unspecified atom stereocenters. The Kier molecular flexibility index (Phi) is 4.20. The number of carboxylic acid groups (broad SMARTS) is 1. The summed E-state index contributed by atoms with van der Waals surface area (Å²) in [5.41, 5.74) is 5.22. The fourth-order valence-electron chi connectivity index (χ4n) is 1.05. The standard InChI is InChI=1S/C9H20N2O2/c1-7(10)5-6-11(8(12)13)9(2,3)4/h7H,5-6,10H2,1-4H3,(H,12,13)/t7-/m1/s1. The van der Waals surface area contributed by atoms with Gasteiger partial charge in [-0.2, -0.15) is 0 Å². The Bertz CT molecular complexity index is 173. The molecule has 0 saturated carbocycles. The fourth-order valence-corrected chi connectivity index (χ4v) is 1.05. The predicted octanol–water partition coefficient (Wildman–Crippen LogP) is 1.50. The Labute approximate surface area is 79.7 Å². The van der Waals surface area contributed by atoms with Gasteiger partial charge >= 0.3 is 6.09 Å². The lowest BCUT2D eigenvalue weighted by Crippen LogP contribution is -2.46. The second kappa shape index (κ2) is 4.46. The second-order valence-corrected chi connectivity index (χ2v) is 4.37. The van der Waals surface area contributed by atoms with Gasteiger partial charge in [0.25, 0.3) is 0 Å². The highest BCUT2D eigenvalue weighted by Gasteiger charge is 2.25. The molecule has 0 rings (SSSR count).